The molecule has 0 amide bonds. The quantitative estimate of drug-likeness (QED) is 0.726. The van der Waals surface area contributed by atoms with Crippen LogP contribution in [0.25, 0.3) is 0 Å². The molecule has 0 N–H and O–H groups in total. The van der Waals surface area contributed by atoms with Crippen molar-refractivity contribution in [3.8, 4) is 11.5 Å². The molecular formula is C15H14Cl2O4. The molecule has 0 aliphatic carbocycles. The summed E-state index contributed by atoms with van der Waals surface area (Å²) in [6.07, 6.45) is 0. The second-order valence-electron chi connectivity index (χ2n) is 4.08. The third kappa shape index (κ3) is 3.52. The predicted molar refractivity (Wildman–Crippen MR) is 80.9 cm³/mol. The topological polar surface area (TPSA) is 48.7 Å². The van der Waals surface area contributed by atoms with Gasteiger partial charge in [0, 0.05) is 11.6 Å². The van der Waals surface area contributed by atoms with E-state index >= 15 is 0 Å². The number of benzene rings is 1. The fourth-order valence-electron chi connectivity index (χ4n) is 1.81. The number of hydrogen-bond donors (Lipinski definition) is 0. The molecule has 2 aromatic rings. The van der Waals surface area contributed by atoms with Crippen molar-refractivity contribution in [1.29, 1.82) is 0 Å². The van der Waals surface area contributed by atoms with Crippen LogP contribution in [-0.2, 0) is 0 Å². The number of ketones is 1. The Kier molecular flexibility index (Phi) is 5.15. The zero-order valence-corrected chi connectivity index (χ0v) is 13.1. The smallest absolute Gasteiger partial charge is 0.229 e. The van der Waals surface area contributed by atoms with E-state index in [1.54, 1.807) is 12.1 Å². The third-order valence-corrected chi connectivity index (χ3v) is 3.19. The molecule has 1 heterocycles. The Labute approximate surface area is 132 Å². The molecule has 4 nitrogen and oxygen atoms in total. The highest BCUT2D eigenvalue weighted by atomic mass is 35.5. The Balaban J connectivity index is 2.43. The fourth-order valence-corrected chi connectivity index (χ4v) is 2.20. The van der Waals surface area contributed by atoms with E-state index in [0.717, 1.165) is 0 Å². The Morgan fingerprint density at radius 2 is 1.71 bits per heavy atom. The van der Waals surface area contributed by atoms with Crippen LogP contribution >= 0.6 is 23.2 Å². The summed E-state index contributed by atoms with van der Waals surface area (Å²) in [6, 6.07) is 6.11. The van der Waals surface area contributed by atoms with Crippen LogP contribution in [0.3, 0.4) is 0 Å². The highest BCUT2D eigenvalue weighted by Crippen LogP contribution is 2.35. The molecule has 1 aromatic carbocycles. The summed E-state index contributed by atoms with van der Waals surface area (Å²) in [4.78, 5) is 12.4. The number of rotatable bonds is 6. The SMILES string of the molecule is CCOc1cc(Cl)c(C(=O)c2ccc(Cl)o2)cc1OCC. The van der Waals surface area contributed by atoms with Crippen molar-refractivity contribution in [2.24, 2.45) is 0 Å². The Morgan fingerprint density at radius 3 is 2.24 bits per heavy atom. The summed E-state index contributed by atoms with van der Waals surface area (Å²) in [7, 11) is 0. The van der Waals surface area contributed by atoms with E-state index in [0.29, 0.717) is 24.7 Å². The Morgan fingerprint density at radius 1 is 1.10 bits per heavy atom. The highest BCUT2D eigenvalue weighted by Gasteiger charge is 2.20. The van der Waals surface area contributed by atoms with Gasteiger partial charge in [0.2, 0.25) is 5.78 Å². The van der Waals surface area contributed by atoms with Crippen molar-refractivity contribution in [2.45, 2.75) is 13.8 Å². The fraction of sp³-hybridized carbons (Fsp3) is 0.267. The minimum atomic E-state index is -0.365. The lowest BCUT2D eigenvalue weighted by Gasteiger charge is -2.13. The van der Waals surface area contributed by atoms with Gasteiger partial charge in [-0.2, -0.15) is 0 Å². The lowest BCUT2D eigenvalue weighted by atomic mass is 10.1. The maximum atomic E-state index is 12.4. The van der Waals surface area contributed by atoms with E-state index in [4.69, 9.17) is 37.1 Å². The minimum Gasteiger partial charge on any atom is -0.490 e. The van der Waals surface area contributed by atoms with E-state index < -0.39 is 0 Å². The standard InChI is InChI=1S/C15H14Cl2O4/c1-3-19-12-7-9(10(16)8-13(12)20-4-2)15(18)11-5-6-14(17)21-11/h5-8H,3-4H2,1-2H3. The molecule has 0 fully saturated rings. The Hall–Kier alpha value is -1.65. The van der Waals surface area contributed by atoms with Crippen molar-refractivity contribution in [3.63, 3.8) is 0 Å². The molecule has 0 spiro atoms. The lowest BCUT2D eigenvalue weighted by Crippen LogP contribution is -2.04. The molecule has 0 bridgehead atoms. The van der Waals surface area contributed by atoms with Crippen molar-refractivity contribution in [2.75, 3.05) is 13.2 Å². The number of hydrogen-bond acceptors (Lipinski definition) is 4. The van der Waals surface area contributed by atoms with Crippen LogP contribution < -0.4 is 9.47 Å². The summed E-state index contributed by atoms with van der Waals surface area (Å²) >= 11 is 11.8. The predicted octanol–water partition coefficient (Wildman–Crippen LogP) is 4.61. The first-order valence-corrected chi connectivity index (χ1v) is 7.21. The van der Waals surface area contributed by atoms with Gasteiger partial charge < -0.3 is 13.9 Å². The molecule has 0 atom stereocenters. The maximum Gasteiger partial charge on any atom is 0.229 e. The molecule has 0 saturated carbocycles. The molecule has 0 aliphatic heterocycles. The Bertz CT molecular complexity index is 649. The summed E-state index contributed by atoms with van der Waals surface area (Å²) in [5.41, 5.74) is 0.273. The van der Waals surface area contributed by atoms with Crippen molar-refractivity contribution in [1.82, 2.24) is 0 Å². The first-order valence-electron chi connectivity index (χ1n) is 6.46. The molecule has 0 aliphatic rings. The van der Waals surface area contributed by atoms with Gasteiger partial charge in [-0.1, -0.05) is 11.6 Å². The number of carbonyl (C=O) groups is 1. The van der Waals surface area contributed by atoms with Crippen molar-refractivity contribution < 1.29 is 18.7 Å². The summed E-state index contributed by atoms with van der Waals surface area (Å²) in [6.45, 7) is 4.62. The molecule has 0 unspecified atom stereocenters. The molecule has 21 heavy (non-hydrogen) atoms. The van der Waals surface area contributed by atoms with Crippen LogP contribution in [0.15, 0.2) is 28.7 Å². The molecule has 2 rings (SSSR count). The normalized spacial score (nSPS) is 10.5. The van der Waals surface area contributed by atoms with Gasteiger partial charge in [0.25, 0.3) is 0 Å². The molecule has 0 saturated heterocycles. The van der Waals surface area contributed by atoms with Crippen LogP contribution in [0, 0.1) is 0 Å². The first-order chi connectivity index (χ1) is 10.1. The molecule has 112 valence electrons. The largest absolute Gasteiger partial charge is 0.490 e. The van der Waals surface area contributed by atoms with Crippen LogP contribution in [0.5, 0.6) is 11.5 Å². The maximum absolute atomic E-state index is 12.4. The third-order valence-electron chi connectivity index (χ3n) is 2.67. The van der Waals surface area contributed by atoms with Gasteiger partial charge >= 0.3 is 0 Å². The molecule has 1 aromatic heterocycles. The second kappa shape index (κ2) is 6.87. The number of halogens is 2. The first kappa shape index (κ1) is 15.7. The van der Waals surface area contributed by atoms with Gasteiger partial charge in [0.05, 0.1) is 18.2 Å². The van der Waals surface area contributed by atoms with Crippen LogP contribution in [-0.4, -0.2) is 19.0 Å². The minimum absolute atomic E-state index is 0.119. The van der Waals surface area contributed by atoms with Crippen LogP contribution in [0.1, 0.15) is 30.0 Å². The average molecular weight is 329 g/mol. The van der Waals surface area contributed by atoms with Crippen molar-refractivity contribution >= 4 is 29.0 Å². The number of carbonyl (C=O) groups excluding carboxylic acids is 1. The molecule has 0 radical (unpaired) electrons. The van der Waals surface area contributed by atoms with E-state index in [-0.39, 0.29) is 27.3 Å². The van der Waals surface area contributed by atoms with Gasteiger partial charge in [-0.25, -0.2) is 0 Å². The zero-order valence-electron chi connectivity index (χ0n) is 11.6. The van der Waals surface area contributed by atoms with E-state index in [9.17, 15) is 4.79 Å². The van der Waals surface area contributed by atoms with Crippen LogP contribution in [0.4, 0.5) is 0 Å². The average Bonchev–Trinajstić information content (AvgIpc) is 2.88. The van der Waals surface area contributed by atoms with E-state index in [2.05, 4.69) is 0 Å². The van der Waals surface area contributed by atoms with Gasteiger partial charge in [0.1, 0.15) is 0 Å². The summed E-state index contributed by atoms with van der Waals surface area (Å²) in [5, 5.41) is 0.407. The van der Waals surface area contributed by atoms with E-state index in [1.165, 1.54) is 12.1 Å². The monoisotopic (exact) mass is 328 g/mol. The molecular weight excluding hydrogens is 315 g/mol. The zero-order chi connectivity index (χ0) is 15.4. The van der Waals surface area contributed by atoms with Gasteiger partial charge in [-0.3, -0.25) is 4.79 Å². The van der Waals surface area contributed by atoms with Crippen LogP contribution in [0.2, 0.25) is 10.2 Å². The van der Waals surface area contributed by atoms with Gasteiger partial charge in [-0.05, 0) is 43.6 Å². The summed E-state index contributed by atoms with van der Waals surface area (Å²) in [5.74, 6) is 0.715. The number of ether oxygens (including phenoxy) is 2. The van der Waals surface area contributed by atoms with Crippen molar-refractivity contribution in [3.05, 3.63) is 45.8 Å². The highest BCUT2D eigenvalue weighted by molar-refractivity contribution is 6.35. The van der Waals surface area contributed by atoms with Gasteiger partial charge in [0.15, 0.2) is 22.5 Å². The van der Waals surface area contributed by atoms with Gasteiger partial charge in [-0.15, -0.1) is 0 Å². The van der Waals surface area contributed by atoms with E-state index in [1.807, 2.05) is 13.8 Å². The second-order valence-corrected chi connectivity index (χ2v) is 4.86. The number of furan rings is 1. The lowest BCUT2D eigenvalue weighted by molar-refractivity contribution is 0.101. The molecule has 6 heteroatoms. The summed E-state index contributed by atoms with van der Waals surface area (Å²) < 4.78 is 16.1.